The zero-order chi connectivity index (χ0) is 7.56. The zero-order valence-electron chi connectivity index (χ0n) is 5.33. The maximum absolute atomic E-state index is 10.9. The Balaban J connectivity index is 2.89. The molecule has 0 aromatic rings. The third kappa shape index (κ3) is 1.45. The van der Waals surface area contributed by atoms with E-state index in [0.29, 0.717) is 10.8 Å². The molecule has 0 aromatic heterocycles. The predicted octanol–water partition coefficient (Wildman–Crippen LogP) is -0.328. The van der Waals surface area contributed by atoms with Crippen molar-refractivity contribution in [2.45, 2.75) is 5.21 Å². The van der Waals surface area contributed by atoms with Crippen LogP contribution in [0, 0.1) is 0 Å². The topological polar surface area (TPSA) is 34.1 Å². The summed E-state index contributed by atoms with van der Waals surface area (Å²) in [6.45, 7) is 0. The molecule has 0 bridgehead atoms. The van der Waals surface area contributed by atoms with Gasteiger partial charge in [0.2, 0.25) is 0 Å². The van der Waals surface area contributed by atoms with Crippen molar-refractivity contribution in [3.63, 3.8) is 0 Å². The van der Waals surface area contributed by atoms with E-state index < -0.39 is 0 Å². The van der Waals surface area contributed by atoms with E-state index in [1.165, 1.54) is 35.1 Å². The summed E-state index contributed by atoms with van der Waals surface area (Å²) in [4.78, 5) is 21.5. The summed E-state index contributed by atoms with van der Waals surface area (Å²) in [5.74, 6) is -0.101. The fourth-order valence-corrected chi connectivity index (χ4v) is 1.38. The number of carbonyl (C=O) groups is 2. The second-order valence-electron chi connectivity index (χ2n) is 1.97. The van der Waals surface area contributed by atoms with E-state index in [-0.39, 0.29) is 11.6 Å². The van der Waals surface area contributed by atoms with E-state index in [1.54, 1.807) is 0 Å². The van der Waals surface area contributed by atoms with Crippen molar-refractivity contribution in [3.8, 4) is 0 Å². The van der Waals surface area contributed by atoms with Crippen molar-refractivity contribution >= 4 is 28.4 Å². The summed E-state index contributed by atoms with van der Waals surface area (Å²) in [5.41, 5.74) is 0.632. The summed E-state index contributed by atoms with van der Waals surface area (Å²) >= 11 is 1.44. The van der Waals surface area contributed by atoms with Gasteiger partial charge in [-0.1, -0.05) is 0 Å². The van der Waals surface area contributed by atoms with Gasteiger partial charge in [-0.3, -0.25) is 0 Å². The Morgan fingerprint density at radius 2 is 2.00 bits per heavy atom. The fraction of sp³-hybridized carbons (Fsp3) is 0.143. The van der Waals surface area contributed by atoms with Gasteiger partial charge in [0, 0.05) is 0 Å². The van der Waals surface area contributed by atoms with Crippen LogP contribution in [0.5, 0.6) is 0 Å². The van der Waals surface area contributed by atoms with Crippen LogP contribution in [0.3, 0.4) is 0 Å². The summed E-state index contributed by atoms with van der Waals surface area (Å²) in [6, 6.07) is 0. The van der Waals surface area contributed by atoms with Crippen LogP contribution in [0.1, 0.15) is 0 Å². The van der Waals surface area contributed by atoms with Gasteiger partial charge in [-0.25, -0.2) is 0 Å². The van der Waals surface area contributed by atoms with Crippen LogP contribution in [0.25, 0.3) is 0 Å². The molecule has 0 saturated heterocycles. The van der Waals surface area contributed by atoms with Gasteiger partial charge in [0.25, 0.3) is 0 Å². The molecule has 3 heteroatoms. The molecule has 0 aliphatic heterocycles. The van der Waals surface area contributed by atoms with Crippen LogP contribution in [-0.4, -0.2) is 28.4 Å². The molecule has 0 heterocycles. The third-order valence-electron chi connectivity index (χ3n) is 1.25. The molecule has 0 spiro atoms. The van der Waals surface area contributed by atoms with E-state index in [9.17, 15) is 9.59 Å². The first kappa shape index (κ1) is 7.49. The molecule has 0 N–H and O–H groups in total. The Bertz CT molecular complexity index is 238. The molecule has 1 unspecified atom stereocenters. The van der Waals surface area contributed by atoms with Gasteiger partial charge in [-0.15, -0.1) is 0 Å². The first-order valence-electron chi connectivity index (χ1n) is 2.91. The Hall–Kier alpha value is -0.622. The third-order valence-corrected chi connectivity index (χ3v) is 2.17. The van der Waals surface area contributed by atoms with Gasteiger partial charge in [-0.05, 0) is 0 Å². The van der Waals surface area contributed by atoms with E-state index >= 15 is 0 Å². The number of hydrogen-bond donors (Lipinski definition) is 0. The average Bonchev–Trinajstić information content (AvgIpc) is 1.94. The second-order valence-corrected chi connectivity index (χ2v) is 2.83. The van der Waals surface area contributed by atoms with Gasteiger partial charge in [-0.2, -0.15) is 0 Å². The van der Waals surface area contributed by atoms with Crippen LogP contribution in [0.4, 0.5) is 0 Å². The molecule has 10 heavy (non-hydrogen) atoms. The van der Waals surface area contributed by atoms with E-state index in [0.717, 1.165) is 0 Å². The average molecular weight is 198 g/mol. The molecule has 0 fully saturated rings. The van der Waals surface area contributed by atoms with Gasteiger partial charge < -0.3 is 0 Å². The van der Waals surface area contributed by atoms with Crippen LogP contribution < -0.4 is 0 Å². The quantitative estimate of drug-likeness (QED) is 0.427. The van der Waals surface area contributed by atoms with Gasteiger partial charge >= 0.3 is 67.0 Å². The normalized spacial score (nSPS) is 17.5. The molecule has 0 radical (unpaired) electrons. The minimum absolute atomic E-state index is 0.0241. The molecule has 52 valence electrons. The summed E-state index contributed by atoms with van der Waals surface area (Å²) in [5, 5.41) is 0.696. The Labute approximate surface area is 67.5 Å². The first-order valence-corrected chi connectivity index (χ1v) is 4.62. The summed E-state index contributed by atoms with van der Waals surface area (Å²) in [7, 11) is 0. The molecule has 0 amide bonds. The summed E-state index contributed by atoms with van der Waals surface area (Å²) < 4.78 is 0. The monoisotopic (exact) mass is 198 g/mol. The van der Waals surface area contributed by atoms with Crippen molar-refractivity contribution in [2.75, 3.05) is 0 Å². The van der Waals surface area contributed by atoms with E-state index in [1.807, 2.05) is 0 Å². The molecular formula is C7H7AsO2. The molecule has 0 aromatic carbocycles. The first-order chi connectivity index (χ1) is 4.74. The van der Waals surface area contributed by atoms with Crippen molar-refractivity contribution in [1.29, 1.82) is 0 Å². The minimum atomic E-state index is -0.0766. The Kier molecular flexibility index (Phi) is 2.23. The number of allylic oxidation sites excluding steroid dienone is 4. The molecular weight excluding hydrogens is 191 g/mol. The fourth-order valence-electron chi connectivity index (χ4n) is 0.715. The standard InChI is InChI=1S/C7H7AsO2/c8-4-5-3-6(9)1-2-7(5)10/h1-3H,4,8H2. The van der Waals surface area contributed by atoms with Gasteiger partial charge in [0.1, 0.15) is 0 Å². The van der Waals surface area contributed by atoms with Crippen LogP contribution in [0.15, 0.2) is 23.8 Å². The number of carbonyl (C=O) groups excluding carboxylic acids is 2. The molecule has 1 rings (SSSR count). The SMILES string of the molecule is O=C1C=CC(=O)C(C[AsH2])=C1. The van der Waals surface area contributed by atoms with Crippen molar-refractivity contribution in [2.24, 2.45) is 0 Å². The number of rotatable bonds is 1. The zero-order valence-corrected chi connectivity index (χ0v) is 7.76. The number of hydrogen-bond acceptors (Lipinski definition) is 2. The predicted molar refractivity (Wildman–Crippen MR) is 40.6 cm³/mol. The van der Waals surface area contributed by atoms with Gasteiger partial charge in [0.05, 0.1) is 0 Å². The van der Waals surface area contributed by atoms with E-state index in [2.05, 4.69) is 0 Å². The molecule has 1 atom stereocenters. The maximum atomic E-state index is 10.9. The van der Waals surface area contributed by atoms with E-state index in [4.69, 9.17) is 0 Å². The van der Waals surface area contributed by atoms with Crippen LogP contribution >= 0.6 is 0 Å². The van der Waals surface area contributed by atoms with Crippen molar-refractivity contribution in [1.82, 2.24) is 0 Å². The van der Waals surface area contributed by atoms with Gasteiger partial charge in [0.15, 0.2) is 0 Å². The van der Waals surface area contributed by atoms with Crippen molar-refractivity contribution < 1.29 is 9.59 Å². The van der Waals surface area contributed by atoms with Crippen LogP contribution in [-0.2, 0) is 9.59 Å². The Morgan fingerprint density at radius 3 is 2.50 bits per heavy atom. The van der Waals surface area contributed by atoms with Crippen LogP contribution in [0.2, 0.25) is 5.21 Å². The molecule has 0 saturated carbocycles. The summed E-state index contributed by atoms with van der Waals surface area (Å²) in [6.07, 6.45) is 4.04. The number of ketones is 2. The Morgan fingerprint density at radius 1 is 1.30 bits per heavy atom. The van der Waals surface area contributed by atoms with Crippen molar-refractivity contribution in [3.05, 3.63) is 23.8 Å². The molecule has 1 aliphatic carbocycles. The second kappa shape index (κ2) is 2.98. The molecule has 1 aliphatic rings. The molecule has 2 nitrogen and oxygen atoms in total.